The molecule has 1 N–H and O–H groups in total. The Morgan fingerprint density at radius 2 is 2.39 bits per heavy atom. The Balaban J connectivity index is 2.02. The zero-order valence-corrected chi connectivity index (χ0v) is 12.4. The second-order valence-electron chi connectivity index (χ2n) is 4.63. The third-order valence-electron chi connectivity index (χ3n) is 3.17. The Hall–Kier alpha value is -0.520. The summed E-state index contributed by atoms with van der Waals surface area (Å²) in [6, 6.07) is 1.83. The fraction of sp³-hybridized carbons (Fsp3) is 0.667. The van der Waals surface area contributed by atoms with Gasteiger partial charge in [-0.05, 0) is 38.1 Å². The number of hydrogen-bond donors (Lipinski definition) is 1. The van der Waals surface area contributed by atoms with E-state index in [1.165, 1.54) is 24.6 Å². The van der Waals surface area contributed by atoms with Gasteiger partial charge in [-0.2, -0.15) is 0 Å². The lowest BCUT2D eigenvalue weighted by Gasteiger charge is -2.28. The van der Waals surface area contributed by atoms with Crippen molar-refractivity contribution < 1.29 is 0 Å². The van der Waals surface area contributed by atoms with Crippen molar-refractivity contribution in [3.8, 4) is 0 Å². The van der Waals surface area contributed by atoms with Crippen LogP contribution in [0.15, 0.2) is 11.2 Å². The lowest BCUT2D eigenvalue weighted by atomic mass is 9.99. The molecule has 1 fully saturated rings. The highest BCUT2D eigenvalue weighted by molar-refractivity contribution is 7.98. The van der Waals surface area contributed by atoms with Crippen LogP contribution in [0, 0.1) is 5.92 Å². The normalized spacial score (nSPS) is 19.8. The van der Waals surface area contributed by atoms with E-state index in [-0.39, 0.29) is 0 Å². The molecule has 1 atom stereocenters. The molecule has 1 aromatic heterocycles. The zero-order valence-electron chi connectivity index (χ0n) is 10.8. The first-order chi connectivity index (χ1) is 8.69. The number of hydrogen-bond acceptors (Lipinski definition) is 5. The molecule has 2 rings (SSSR count). The Bertz CT molecular complexity index is 396. The average Bonchev–Trinajstić information content (AvgIpc) is 2.39. The zero-order chi connectivity index (χ0) is 13.0. The Kier molecular flexibility index (Phi) is 5.09. The van der Waals surface area contributed by atoms with Gasteiger partial charge in [-0.3, -0.25) is 0 Å². The molecule has 18 heavy (non-hydrogen) atoms. The second kappa shape index (κ2) is 6.59. The largest absolute Gasteiger partial charge is 0.359 e. The van der Waals surface area contributed by atoms with Gasteiger partial charge in [0.25, 0.3) is 0 Å². The van der Waals surface area contributed by atoms with Gasteiger partial charge in [0, 0.05) is 19.7 Å². The van der Waals surface area contributed by atoms with Gasteiger partial charge in [0.1, 0.15) is 11.0 Å². The van der Waals surface area contributed by atoms with Crippen LogP contribution in [0.25, 0.3) is 0 Å². The summed E-state index contributed by atoms with van der Waals surface area (Å²) in [5.74, 6) is 1.60. The maximum Gasteiger partial charge on any atom is 0.190 e. The van der Waals surface area contributed by atoms with E-state index in [4.69, 9.17) is 11.6 Å². The molecule has 0 saturated carbocycles. The minimum absolute atomic E-state index is 0.512. The second-order valence-corrected chi connectivity index (χ2v) is 5.79. The number of nitrogens with zero attached hydrogens (tertiary/aromatic N) is 3. The van der Waals surface area contributed by atoms with Gasteiger partial charge < -0.3 is 10.2 Å². The van der Waals surface area contributed by atoms with Crippen molar-refractivity contribution in [3.05, 3.63) is 11.2 Å². The van der Waals surface area contributed by atoms with Crippen molar-refractivity contribution in [2.24, 2.45) is 5.92 Å². The van der Waals surface area contributed by atoms with E-state index in [9.17, 15) is 0 Å². The molecule has 0 bridgehead atoms. The summed E-state index contributed by atoms with van der Waals surface area (Å²) in [7, 11) is 2.07. The van der Waals surface area contributed by atoms with Crippen LogP contribution in [-0.2, 0) is 0 Å². The van der Waals surface area contributed by atoms with Crippen LogP contribution >= 0.6 is 23.4 Å². The minimum Gasteiger partial charge on any atom is -0.359 e. The maximum atomic E-state index is 6.01. The molecule has 0 unspecified atom stereocenters. The van der Waals surface area contributed by atoms with Crippen molar-refractivity contribution in [3.63, 3.8) is 0 Å². The van der Waals surface area contributed by atoms with Gasteiger partial charge in [-0.25, -0.2) is 9.97 Å². The highest BCUT2D eigenvalue weighted by atomic mass is 35.5. The first-order valence-electron chi connectivity index (χ1n) is 6.19. The van der Waals surface area contributed by atoms with E-state index in [0.29, 0.717) is 11.1 Å². The van der Waals surface area contributed by atoms with Crippen LogP contribution in [0.1, 0.15) is 12.8 Å². The molecule has 0 radical (unpaired) electrons. The molecule has 1 aliphatic rings. The van der Waals surface area contributed by atoms with Gasteiger partial charge >= 0.3 is 0 Å². The molecule has 2 heterocycles. The van der Waals surface area contributed by atoms with Crippen LogP contribution < -0.4 is 10.2 Å². The monoisotopic (exact) mass is 286 g/mol. The molecule has 0 spiro atoms. The molecule has 1 aromatic rings. The molecule has 1 aliphatic heterocycles. The molecular formula is C12H19ClN4S. The van der Waals surface area contributed by atoms with Crippen LogP contribution in [0.2, 0.25) is 5.15 Å². The SMILES string of the molecule is CSc1nc(Cl)cc(N(C)C[C@@H]2CCCNC2)n1. The Labute approximate surface area is 118 Å². The number of nitrogens with one attached hydrogen (secondary N) is 1. The topological polar surface area (TPSA) is 41.1 Å². The van der Waals surface area contributed by atoms with Gasteiger partial charge in [-0.15, -0.1) is 0 Å². The molecule has 0 amide bonds. The number of piperidine rings is 1. The fourth-order valence-electron chi connectivity index (χ4n) is 2.23. The number of rotatable bonds is 4. The molecule has 4 nitrogen and oxygen atoms in total. The number of anilines is 1. The minimum atomic E-state index is 0.512. The summed E-state index contributed by atoms with van der Waals surface area (Å²) in [4.78, 5) is 10.8. The summed E-state index contributed by atoms with van der Waals surface area (Å²) >= 11 is 7.53. The van der Waals surface area contributed by atoms with Gasteiger partial charge in [0.15, 0.2) is 5.16 Å². The summed E-state index contributed by atoms with van der Waals surface area (Å²) in [5, 5.41) is 4.68. The molecule has 100 valence electrons. The lowest BCUT2D eigenvalue weighted by Crippen LogP contribution is -2.37. The molecule has 6 heteroatoms. The van der Waals surface area contributed by atoms with Crippen LogP contribution in [0.5, 0.6) is 0 Å². The summed E-state index contributed by atoms with van der Waals surface area (Å²) in [6.07, 6.45) is 4.51. The quantitative estimate of drug-likeness (QED) is 0.522. The first-order valence-corrected chi connectivity index (χ1v) is 7.79. The number of halogens is 1. The molecule has 0 aromatic carbocycles. The highest BCUT2D eigenvalue weighted by Gasteiger charge is 2.16. The van der Waals surface area contributed by atoms with Crippen molar-refractivity contribution in [2.45, 2.75) is 18.0 Å². The van der Waals surface area contributed by atoms with E-state index in [0.717, 1.165) is 30.6 Å². The molecule has 1 saturated heterocycles. The van der Waals surface area contributed by atoms with Gasteiger partial charge in [-0.1, -0.05) is 23.4 Å². The third kappa shape index (κ3) is 3.73. The van der Waals surface area contributed by atoms with Gasteiger partial charge in [0.2, 0.25) is 0 Å². The fourth-order valence-corrected chi connectivity index (χ4v) is 2.84. The maximum absolute atomic E-state index is 6.01. The predicted molar refractivity (Wildman–Crippen MR) is 77.7 cm³/mol. The highest BCUT2D eigenvalue weighted by Crippen LogP contribution is 2.21. The lowest BCUT2D eigenvalue weighted by molar-refractivity contribution is 0.380. The van der Waals surface area contributed by atoms with E-state index in [1.54, 1.807) is 0 Å². The van der Waals surface area contributed by atoms with Crippen molar-refractivity contribution in [2.75, 3.05) is 37.8 Å². The molecular weight excluding hydrogens is 268 g/mol. The van der Waals surface area contributed by atoms with Crippen molar-refractivity contribution in [1.82, 2.24) is 15.3 Å². The van der Waals surface area contributed by atoms with E-state index in [2.05, 4.69) is 27.2 Å². The number of thioether (sulfide) groups is 1. The standard InChI is InChI=1S/C12H19ClN4S/c1-17(8-9-4-3-5-14-7-9)11-6-10(13)15-12(16-11)18-2/h6,9,14H,3-5,7-8H2,1-2H3/t9-/m1/s1. The Morgan fingerprint density at radius 1 is 1.56 bits per heavy atom. The Morgan fingerprint density at radius 3 is 3.06 bits per heavy atom. The van der Waals surface area contributed by atoms with Crippen LogP contribution in [0.4, 0.5) is 5.82 Å². The smallest absolute Gasteiger partial charge is 0.190 e. The van der Waals surface area contributed by atoms with Crippen molar-refractivity contribution in [1.29, 1.82) is 0 Å². The first kappa shape index (κ1) is 13.9. The van der Waals surface area contributed by atoms with Crippen LogP contribution in [-0.4, -0.2) is 42.9 Å². The van der Waals surface area contributed by atoms with Crippen molar-refractivity contribution >= 4 is 29.2 Å². The third-order valence-corrected chi connectivity index (χ3v) is 3.91. The van der Waals surface area contributed by atoms with Crippen LogP contribution in [0.3, 0.4) is 0 Å². The van der Waals surface area contributed by atoms with E-state index >= 15 is 0 Å². The van der Waals surface area contributed by atoms with E-state index < -0.39 is 0 Å². The predicted octanol–water partition coefficient (Wildman–Crippen LogP) is 2.29. The van der Waals surface area contributed by atoms with E-state index in [1.807, 2.05) is 12.3 Å². The summed E-state index contributed by atoms with van der Waals surface area (Å²) in [6.45, 7) is 3.25. The summed E-state index contributed by atoms with van der Waals surface area (Å²) < 4.78 is 0. The summed E-state index contributed by atoms with van der Waals surface area (Å²) in [5.41, 5.74) is 0. The van der Waals surface area contributed by atoms with Gasteiger partial charge in [0.05, 0.1) is 0 Å². The average molecular weight is 287 g/mol. The number of aromatic nitrogens is 2. The molecule has 0 aliphatic carbocycles.